The van der Waals surface area contributed by atoms with E-state index in [2.05, 4.69) is 6.92 Å². The average molecular weight is 433 g/mol. The zero-order valence-corrected chi connectivity index (χ0v) is 19.5. The SMILES string of the molecule is CCCCCCCCO[C@H]1CC[C@H]([C@H]2CC[C@H](c3ccc(C=C(F)F)cc3)CC2)CC1. The molecule has 2 aliphatic rings. The Morgan fingerprint density at radius 2 is 1.39 bits per heavy atom. The third-order valence-electron chi connectivity index (χ3n) is 7.69. The normalized spacial score (nSPS) is 26.5. The topological polar surface area (TPSA) is 9.23 Å². The molecule has 0 spiro atoms. The fourth-order valence-corrected chi connectivity index (χ4v) is 5.77. The Bertz CT molecular complexity index is 633. The lowest BCUT2D eigenvalue weighted by Crippen LogP contribution is -2.28. The summed E-state index contributed by atoms with van der Waals surface area (Å²) in [5, 5.41) is 0. The van der Waals surface area contributed by atoms with E-state index in [0.29, 0.717) is 17.6 Å². The first kappa shape index (κ1) is 24.4. The van der Waals surface area contributed by atoms with Crippen molar-refractivity contribution in [1.82, 2.24) is 0 Å². The maximum atomic E-state index is 12.4. The Kier molecular flexibility index (Phi) is 10.5. The third-order valence-corrected chi connectivity index (χ3v) is 7.69. The predicted octanol–water partition coefficient (Wildman–Crippen LogP) is 9.13. The van der Waals surface area contributed by atoms with Gasteiger partial charge in [-0.05, 0) is 86.7 Å². The number of benzene rings is 1. The molecule has 0 saturated heterocycles. The first-order chi connectivity index (χ1) is 15.2. The van der Waals surface area contributed by atoms with Gasteiger partial charge in [0.1, 0.15) is 0 Å². The van der Waals surface area contributed by atoms with E-state index in [4.69, 9.17) is 4.74 Å². The van der Waals surface area contributed by atoms with Crippen LogP contribution in [0.25, 0.3) is 6.08 Å². The summed E-state index contributed by atoms with van der Waals surface area (Å²) < 4.78 is 31.0. The number of rotatable bonds is 11. The fraction of sp³-hybridized carbons (Fsp3) is 0.714. The molecule has 2 saturated carbocycles. The molecule has 3 heteroatoms. The van der Waals surface area contributed by atoms with Gasteiger partial charge in [-0.2, -0.15) is 8.78 Å². The molecule has 1 aromatic carbocycles. The minimum absolute atomic E-state index is 0.505. The zero-order valence-electron chi connectivity index (χ0n) is 19.5. The Morgan fingerprint density at radius 3 is 2.00 bits per heavy atom. The summed E-state index contributed by atoms with van der Waals surface area (Å²) in [6, 6.07) is 7.75. The molecular weight excluding hydrogens is 390 g/mol. The van der Waals surface area contributed by atoms with Crippen LogP contribution < -0.4 is 0 Å². The molecule has 0 N–H and O–H groups in total. The molecule has 0 aliphatic heterocycles. The third kappa shape index (κ3) is 8.33. The van der Waals surface area contributed by atoms with Gasteiger partial charge in [0.05, 0.1) is 6.10 Å². The maximum absolute atomic E-state index is 12.4. The highest BCUT2D eigenvalue weighted by Gasteiger charge is 2.31. The largest absolute Gasteiger partial charge is 0.378 e. The highest BCUT2D eigenvalue weighted by Crippen LogP contribution is 2.43. The molecule has 0 aromatic heterocycles. The van der Waals surface area contributed by atoms with Gasteiger partial charge in [-0.1, -0.05) is 63.3 Å². The molecule has 1 nitrogen and oxygen atoms in total. The molecule has 0 bridgehead atoms. The fourth-order valence-electron chi connectivity index (χ4n) is 5.77. The van der Waals surface area contributed by atoms with Gasteiger partial charge in [-0.25, -0.2) is 0 Å². The molecule has 2 aliphatic carbocycles. The van der Waals surface area contributed by atoms with Gasteiger partial charge >= 0.3 is 0 Å². The molecule has 0 radical (unpaired) electrons. The lowest BCUT2D eigenvalue weighted by atomic mass is 9.69. The van der Waals surface area contributed by atoms with Crippen molar-refractivity contribution in [3.63, 3.8) is 0 Å². The number of unbranched alkanes of at least 4 members (excludes halogenated alkanes) is 5. The lowest BCUT2D eigenvalue weighted by Gasteiger charge is -2.38. The molecule has 174 valence electrons. The molecule has 0 atom stereocenters. The summed E-state index contributed by atoms with van der Waals surface area (Å²) in [4.78, 5) is 0. The van der Waals surface area contributed by atoms with E-state index in [1.807, 2.05) is 24.3 Å². The molecular formula is C28H42F2O. The van der Waals surface area contributed by atoms with E-state index in [0.717, 1.165) is 24.5 Å². The van der Waals surface area contributed by atoms with Crippen molar-refractivity contribution >= 4 is 6.08 Å². The first-order valence-electron chi connectivity index (χ1n) is 12.9. The number of halogens is 2. The van der Waals surface area contributed by atoms with Crippen LogP contribution in [0, 0.1) is 11.8 Å². The molecule has 0 unspecified atom stereocenters. The maximum Gasteiger partial charge on any atom is 0.270 e. The van der Waals surface area contributed by atoms with E-state index >= 15 is 0 Å². The molecule has 0 amide bonds. The van der Waals surface area contributed by atoms with Crippen LogP contribution in [0.5, 0.6) is 0 Å². The second kappa shape index (κ2) is 13.4. The van der Waals surface area contributed by atoms with Gasteiger partial charge < -0.3 is 4.74 Å². The van der Waals surface area contributed by atoms with Crippen LogP contribution in [0.4, 0.5) is 8.78 Å². The summed E-state index contributed by atoms with van der Waals surface area (Å²) >= 11 is 0. The minimum Gasteiger partial charge on any atom is -0.378 e. The van der Waals surface area contributed by atoms with E-state index in [1.54, 1.807) is 0 Å². The van der Waals surface area contributed by atoms with Gasteiger partial charge in [-0.15, -0.1) is 0 Å². The number of hydrogen-bond acceptors (Lipinski definition) is 1. The molecule has 2 fully saturated rings. The van der Waals surface area contributed by atoms with Crippen molar-refractivity contribution in [2.45, 2.75) is 109 Å². The highest BCUT2D eigenvalue weighted by molar-refractivity contribution is 5.50. The molecule has 0 heterocycles. The van der Waals surface area contributed by atoms with Crippen molar-refractivity contribution < 1.29 is 13.5 Å². The standard InChI is InChI=1S/C28H42F2O/c1-2-3-4-5-6-7-20-31-27-18-16-26(17-19-27)25-14-12-24(13-15-25)23-10-8-22(9-11-23)21-28(29)30/h8-11,21,24-27H,2-7,12-20H2,1H3/t24-,25-,26-,27-. The second-order valence-corrected chi connectivity index (χ2v) is 9.89. The van der Waals surface area contributed by atoms with Gasteiger partial charge in [0, 0.05) is 12.7 Å². The number of ether oxygens (including phenoxy) is 1. The van der Waals surface area contributed by atoms with Crippen LogP contribution in [0.2, 0.25) is 0 Å². The van der Waals surface area contributed by atoms with Crippen LogP contribution in [-0.2, 0) is 4.74 Å². The van der Waals surface area contributed by atoms with Crippen molar-refractivity contribution in [2.24, 2.45) is 11.8 Å². The van der Waals surface area contributed by atoms with Crippen molar-refractivity contribution in [3.8, 4) is 0 Å². The zero-order chi connectivity index (χ0) is 21.9. The van der Waals surface area contributed by atoms with Crippen LogP contribution >= 0.6 is 0 Å². The smallest absolute Gasteiger partial charge is 0.270 e. The van der Waals surface area contributed by atoms with Crippen molar-refractivity contribution in [2.75, 3.05) is 6.61 Å². The van der Waals surface area contributed by atoms with Crippen LogP contribution in [0.1, 0.15) is 114 Å². The van der Waals surface area contributed by atoms with Crippen molar-refractivity contribution in [3.05, 3.63) is 41.5 Å². The molecule has 31 heavy (non-hydrogen) atoms. The Hall–Kier alpha value is -1.22. The Labute approximate surface area is 188 Å². The lowest BCUT2D eigenvalue weighted by molar-refractivity contribution is 0.00624. The van der Waals surface area contributed by atoms with E-state index in [-0.39, 0.29) is 0 Å². The molecule has 1 aromatic rings. The van der Waals surface area contributed by atoms with Gasteiger partial charge in [0.15, 0.2) is 0 Å². The van der Waals surface area contributed by atoms with Crippen LogP contribution in [0.15, 0.2) is 30.3 Å². The monoisotopic (exact) mass is 432 g/mol. The summed E-state index contributed by atoms with van der Waals surface area (Å²) in [7, 11) is 0. The first-order valence-corrected chi connectivity index (χ1v) is 12.9. The molecule has 3 rings (SSSR count). The Morgan fingerprint density at radius 1 is 0.806 bits per heavy atom. The minimum atomic E-state index is -1.63. The Balaban J connectivity index is 1.31. The summed E-state index contributed by atoms with van der Waals surface area (Å²) in [5.41, 5.74) is 1.91. The van der Waals surface area contributed by atoms with Gasteiger partial charge in [0.25, 0.3) is 6.08 Å². The second-order valence-electron chi connectivity index (χ2n) is 9.89. The van der Waals surface area contributed by atoms with Gasteiger partial charge in [0.2, 0.25) is 0 Å². The van der Waals surface area contributed by atoms with Crippen LogP contribution in [-0.4, -0.2) is 12.7 Å². The van der Waals surface area contributed by atoms with E-state index < -0.39 is 6.08 Å². The summed E-state index contributed by atoms with van der Waals surface area (Å²) in [6.45, 7) is 3.22. The van der Waals surface area contributed by atoms with E-state index in [1.165, 1.54) is 95.5 Å². The quantitative estimate of drug-likeness (QED) is 0.317. The van der Waals surface area contributed by atoms with Crippen LogP contribution in [0.3, 0.4) is 0 Å². The summed E-state index contributed by atoms with van der Waals surface area (Å²) in [5.74, 6) is 2.36. The summed E-state index contributed by atoms with van der Waals surface area (Å²) in [6.07, 6.45) is 18.1. The highest BCUT2D eigenvalue weighted by atomic mass is 19.3. The average Bonchev–Trinajstić information content (AvgIpc) is 2.79. The van der Waals surface area contributed by atoms with E-state index in [9.17, 15) is 8.78 Å². The predicted molar refractivity (Wildman–Crippen MR) is 126 cm³/mol. The van der Waals surface area contributed by atoms with Gasteiger partial charge in [-0.3, -0.25) is 0 Å². The number of hydrogen-bond donors (Lipinski definition) is 0. The van der Waals surface area contributed by atoms with Crippen molar-refractivity contribution in [1.29, 1.82) is 0 Å².